The van der Waals surface area contributed by atoms with E-state index >= 15 is 0 Å². The fourth-order valence-electron chi connectivity index (χ4n) is 1.80. The zero-order valence-corrected chi connectivity index (χ0v) is 14.0. The van der Waals surface area contributed by atoms with Crippen LogP contribution in [-0.2, 0) is 0 Å². The van der Waals surface area contributed by atoms with Crippen molar-refractivity contribution in [2.45, 2.75) is 27.2 Å². The maximum absolute atomic E-state index is 4.51. The van der Waals surface area contributed by atoms with Crippen LogP contribution in [0.3, 0.4) is 0 Å². The Balaban J connectivity index is 2.86. The SMILES string of the molecule is CCCNc1nc(NCCN(C)C)nc(N(CC)CC)n1. The van der Waals surface area contributed by atoms with Gasteiger partial charge in [-0.2, -0.15) is 15.0 Å². The summed E-state index contributed by atoms with van der Waals surface area (Å²) in [5.41, 5.74) is 0. The van der Waals surface area contributed by atoms with Gasteiger partial charge in [0.1, 0.15) is 0 Å². The molecule has 1 heterocycles. The number of nitrogens with one attached hydrogen (secondary N) is 2. The van der Waals surface area contributed by atoms with Gasteiger partial charge in [0.15, 0.2) is 0 Å². The average Bonchev–Trinajstić information content (AvgIpc) is 2.46. The van der Waals surface area contributed by atoms with Crippen molar-refractivity contribution in [3.05, 3.63) is 0 Å². The largest absolute Gasteiger partial charge is 0.354 e. The molecule has 0 bridgehead atoms. The number of anilines is 3. The highest BCUT2D eigenvalue weighted by molar-refractivity contribution is 5.43. The summed E-state index contributed by atoms with van der Waals surface area (Å²) in [6.45, 7) is 10.7. The minimum Gasteiger partial charge on any atom is -0.354 e. The number of hydrogen-bond donors (Lipinski definition) is 2. The normalized spacial score (nSPS) is 10.8. The average molecular weight is 295 g/mol. The summed E-state index contributed by atoms with van der Waals surface area (Å²) in [4.78, 5) is 17.7. The molecule has 0 saturated carbocycles. The van der Waals surface area contributed by atoms with E-state index in [1.807, 2.05) is 14.1 Å². The lowest BCUT2D eigenvalue weighted by atomic mass is 10.5. The van der Waals surface area contributed by atoms with Crippen molar-refractivity contribution in [3.8, 4) is 0 Å². The van der Waals surface area contributed by atoms with Gasteiger partial charge in [-0.25, -0.2) is 0 Å². The molecule has 0 aliphatic heterocycles. The Morgan fingerprint density at radius 1 is 0.857 bits per heavy atom. The third kappa shape index (κ3) is 6.12. The van der Waals surface area contributed by atoms with Gasteiger partial charge in [0, 0.05) is 32.7 Å². The summed E-state index contributed by atoms with van der Waals surface area (Å²) in [7, 11) is 4.09. The van der Waals surface area contributed by atoms with E-state index in [-0.39, 0.29) is 0 Å². The standard InChI is InChI=1S/C14H29N7/c1-6-9-15-12-17-13(16-10-11-20(4)5)19-14(18-12)21(7-2)8-3/h6-11H2,1-5H3,(H2,15,16,17,18,19). The maximum Gasteiger partial charge on any atom is 0.231 e. The van der Waals surface area contributed by atoms with Crippen molar-refractivity contribution >= 4 is 17.8 Å². The molecule has 1 rings (SSSR count). The van der Waals surface area contributed by atoms with Gasteiger partial charge in [-0.1, -0.05) is 6.92 Å². The minimum atomic E-state index is 0.632. The molecule has 0 fully saturated rings. The fourth-order valence-corrected chi connectivity index (χ4v) is 1.80. The van der Waals surface area contributed by atoms with Gasteiger partial charge in [-0.05, 0) is 34.4 Å². The van der Waals surface area contributed by atoms with Gasteiger partial charge >= 0.3 is 0 Å². The predicted molar refractivity (Wildman–Crippen MR) is 89.2 cm³/mol. The Hall–Kier alpha value is -1.63. The molecule has 1 aromatic rings. The highest BCUT2D eigenvalue weighted by atomic mass is 15.3. The number of hydrogen-bond acceptors (Lipinski definition) is 7. The zero-order chi connectivity index (χ0) is 15.7. The smallest absolute Gasteiger partial charge is 0.231 e. The minimum absolute atomic E-state index is 0.632. The van der Waals surface area contributed by atoms with Gasteiger partial charge < -0.3 is 20.4 Å². The van der Waals surface area contributed by atoms with Gasteiger partial charge in [-0.15, -0.1) is 0 Å². The van der Waals surface area contributed by atoms with E-state index in [4.69, 9.17) is 0 Å². The molecule has 0 atom stereocenters. The van der Waals surface area contributed by atoms with Gasteiger partial charge in [0.05, 0.1) is 0 Å². The van der Waals surface area contributed by atoms with Crippen LogP contribution in [0.15, 0.2) is 0 Å². The van der Waals surface area contributed by atoms with Crippen LogP contribution in [0.5, 0.6) is 0 Å². The van der Waals surface area contributed by atoms with Crippen LogP contribution >= 0.6 is 0 Å². The maximum atomic E-state index is 4.51. The molecule has 0 saturated heterocycles. The topological polar surface area (TPSA) is 69.2 Å². The number of aromatic nitrogens is 3. The first kappa shape index (κ1) is 17.4. The number of nitrogens with zero attached hydrogens (tertiary/aromatic N) is 5. The highest BCUT2D eigenvalue weighted by Crippen LogP contribution is 2.13. The lowest BCUT2D eigenvalue weighted by Crippen LogP contribution is -2.26. The van der Waals surface area contributed by atoms with Crippen molar-refractivity contribution < 1.29 is 0 Å². The molecule has 0 amide bonds. The van der Waals surface area contributed by atoms with E-state index in [0.717, 1.165) is 45.1 Å². The third-order valence-electron chi connectivity index (χ3n) is 3.05. The first-order valence-electron chi connectivity index (χ1n) is 7.74. The molecule has 0 radical (unpaired) electrons. The van der Waals surface area contributed by atoms with Gasteiger partial charge in [-0.3, -0.25) is 0 Å². The second-order valence-corrected chi connectivity index (χ2v) is 5.11. The Morgan fingerprint density at radius 2 is 1.43 bits per heavy atom. The summed E-state index contributed by atoms with van der Waals surface area (Å²) >= 11 is 0. The highest BCUT2D eigenvalue weighted by Gasteiger charge is 2.10. The van der Waals surface area contributed by atoms with Gasteiger partial charge in [0.2, 0.25) is 17.8 Å². The van der Waals surface area contributed by atoms with Crippen LogP contribution in [0.1, 0.15) is 27.2 Å². The van der Waals surface area contributed by atoms with Crippen LogP contribution in [0.4, 0.5) is 17.8 Å². The van der Waals surface area contributed by atoms with E-state index in [9.17, 15) is 0 Å². The van der Waals surface area contributed by atoms with Crippen molar-refractivity contribution in [2.75, 3.05) is 62.4 Å². The Morgan fingerprint density at radius 3 is 1.90 bits per heavy atom. The summed E-state index contributed by atoms with van der Waals surface area (Å²) in [5.74, 6) is 1.99. The Bertz CT molecular complexity index is 404. The molecule has 0 aliphatic carbocycles. The molecule has 0 aliphatic rings. The third-order valence-corrected chi connectivity index (χ3v) is 3.05. The van der Waals surface area contributed by atoms with Crippen LogP contribution < -0.4 is 15.5 Å². The zero-order valence-electron chi connectivity index (χ0n) is 14.0. The van der Waals surface area contributed by atoms with Crippen molar-refractivity contribution in [1.82, 2.24) is 19.9 Å². The van der Waals surface area contributed by atoms with Crippen LogP contribution in [0.25, 0.3) is 0 Å². The van der Waals surface area contributed by atoms with Crippen LogP contribution in [0, 0.1) is 0 Å². The Labute approximate surface area is 128 Å². The molecule has 0 unspecified atom stereocenters. The molecule has 0 aromatic carbocycles. The summed E-state index contributed by atoms with van der Waals surface area (Å²) in [6.07, 6.45) is 1.04. The monoisotopic (exact) mass is 295 g/mol. The van der Waals surface area contributed by atoms with Crippen LogP contribution in [-0.4, -0.2) is 66.7 Å². The molecule has 0 spiro atoms. The summed E-state index contributed by atoms with van der Waals surface area (Å²) < 4.78 is 0. The van der Waals surface area contributed by atoms with Crippen molar-refractivity contribution in [3.63, 3.8) is 0 Å². The van der Waals surface area contributed by atoms with E-state index in [1.165, 1.54) is 0 Å². The molecule has 120 valence electrons. The van der Waals surface area contributed by atoms with Crippen molar-refractivity contribution in [1.29, 1.82) is 0 Å². The van der Waals surface area contributed by atoms with Gasteiger partial charge in [0.25, 0.3) is 0 Å². The quantitative estimate of drug-likeness (QED) is 0.678. The lowest BCUT2D eigenvalue weighted by molar-refractivity contribution is 0.425. The molecular weight excluding hydrogens is 266 g/mol. The van der Waals surface area contributed by atoms with Crippen molar-refractivity contribution in [2.24, 2.45) is 0 Å². The predicted octanol–water partition coefficient (Wildman–Crippen LogP) is 1.51. The molecule has 21 heavy (non-hydrogen) atoms. The lowest BCUT2D eigenvalue weighted by Gasteiger charge is -2.20. The Kier molecular flexibility index (Phi) is 7.74. The van der Waals surface area contributed by atoms with E-state index in [1.54, 1.807) is 0 Å². The molecule has 7 nitrogen and oxygen atoms in total. The second-order valence-electron chi connectivity index (χ2n) is 5.11. The summed E-state index contributed by atoms with van der Waals surface area (Å²) in [6, 6.07) is 0. The van der Waals surface area contributed by atoms with Crippen LogP contribution in [0.2, 0.25) is 0 Å². The van der Waals surface area contributed by atoms with E-state index in [2.05, 4.69) is 56.2 Å². The van der Waals surface area contributed by atoms with E-state index < -0.39 is 0 Å². The molecule has 7 heteroatoms. The number of likely N-dealkylation sites (N-methyl/N-ethyl adjacent to an activating group) is 1. The molecule has 2 N–H and O–H groups in total. The second kappa shape index (κ2) is 9.33. The molecule has 1 aromatic heterocycles. The number of rotatable bonds is 10. The summed E-state index contributed by atoms with van der Waals surface area (Å²) in [5, 5.41) is 6.50. The fraction of sp³-hybridized carbons (Fsp3) is 0.786. The van der Waals surface area contributed by atoms with E-state index in [0.29, 0.717) is 11.9 Å². The molecular formula is C14H29N7. The first-order chi connectivity index (χ1) is 10.1. The first-order valence-corrected chi connectivity index (χ1v) is 7.74.